The molecule has 0 amide bonds. The average Bonchev–Trinajstić information content (AvgIpc) is 2.59. The number of benzene rings is 2. The number of anilines is 1. The number of hydrogen-bond acceptors (Lipinski definition) is 6. The van der Waals surface area contributed by atoms with E-state index in [9.17, 15) is 4.79 Å². The molecule has 1 aliphatic rings. The minimum absolute atomic E-state index is 0.0935. The fourth-order valence-electron chi connectivity index (χ4n) is 2.88. The van der Waals surface area contributed by atoms with Gasteiger partial charge in [0.05, 0.1) is 0 Å². The van der Waals surface area contributed by atoms with Gasteiger partial charge in [-0.1, -0.05) is 48.5 Å². The van der Waals surface area contributed by atoms with Gasteiger partial charge in [-0.2, -0.15) is 4.99 Å². The number of carbonyl (C=O) groups is 1. The molecule has 0 aromatic heterocycles. The summed E-state index contributed by atoms with van der Waals surface area (Å²) in [7, 11) is 0. The number of allylic oxidation sites excluding steroid dienone is 1. The van der Waals surface area contributed by atoms with Crippen LogP contribution in [-0.2, 0) is 0 Å². The van der Waals surface area contributed by atoms with Gasteiger partial charge in [-0.15, -0.1) is 0 Å². The topological polar surface area (TPSA) is 97.1 Å². The summed E-state index contributed by atoms with van der Waals surface area (Å²) in [4.78, 5) is 22.6. The zero-order valence-electron chi connectivity index (χ0n) is 14.8. The smallest absolute Gasteiger partial charge is 0.220 e. The van der Waals surface area contributed by atoms with E-state index in [0.717, 1.165) is 11.3 Å². The van der Waals surface area contributed by atoms with E-state index in [1.165, 1.54) is 0 Å². The zero-order valence-corrected chi connectivity index (χ0v) is 14.8. The third-order valence-corrected chi connectivity index (χ3v) is 4.01. The molecule has 26 heavy (non-hydrogen) atoms. The lowest BCUT2D eigenvalue weighted by molar-refractivity contribution is 0.104. The summed E-state index contributed by atoms with van der Waals surface area (Å²) in [6.45, 7) is 3.76. The van der Waals surface area contributed by atoms with E-state index >= 15 is 0 Å². The molecular formula is C20H21N5O. The van der Waals surface area contributed by atoms with E-state index in [1.807, 2.05) is 56.3 Å². The Kier molecular flexibility index (Phi) is 4.58. The summed E-state index contributed by atoms with van der Waals surface area (Å²) >= 11 is 0. The van der Waals surface area contributed by atoms with E-state index in [2.05, 4.69) is 9.98 Å². The summed E-state index contributed by atoms with van der Waals surface area (Å²) in [6, 6.07) is 16.9. The van der Waals surface area contributed by atoms with Crippen molar-refractivity contribution in [2.24, 2.45) is 21.5 Å². The Morgan fingerprint density at radius 1 is 1.08 bits per heavy atom. The van der Waals surface area contributed by atoms with Crippen LogP contribution >= 0.6 is 0 Å². The number of nitrogens with two attached hydrogens (primary N) is 2. The predicted molar refractivity (Wildman–Crippen MR) is 106 cm³/mol. The summed E-state index contributed by atoms with van der Waals surface area (Å²) < 4.78 is 0. The van der Waals surface area contributed by atoms with Crippen LogP contribution in [0.15, 0.2) is 70.7 Å². The fraction of sp³-hybridized carbons (Fsp3) is 0.150. The minimum atomic E-state index is -0.697. The van der Waals surface area contributed by atoms with Gasteiger partial charge in [0.2, 0.25) is 11.9 Å². The lowest BCUT2D eigenvalue weighted by Gasteiger charge is -2.38. The molecule has 3 rings (SSSR count). The molecule has 0 radical (unpaired) electrons. The van der Waals surface area contributed by atoms with Gasteiger partial charge in [-0.3, -0.25) is 9.69 Å². The molecule has 0 fully saturated rings. The monoisotopic (exact) mass is 347 g/mol. The Bertz CT molecular complexity index is 913. The van der Waals surface area contributed by atoms with Crippen molar-refractivity contribution in [3.05, 3.63) is 71.8 Å². The second-order valence-electron chi connectivity index (χ2n) is 6.43. The van der Waals surface area contributed by atoms with Crippen LogP contribution in [0.25, 0.3) is 6.08 Å². The van der Waals surface area contributed by atoms with E-state index in [-0.39, 0.29) is 17.7 Å². The van der Waals surface area contributed by atoms with Crippen LogP contribution < -0.4 is 16.4 Å². The summed E-state index contributed by atoms with van der Waals surface area (Å²) in [6.07, 6.45) is 3.35. The molecule has 6 nitrogen and oxygen atoms in total. The maximum atomic E-state index is 12.5. The Morgan fingerprint density at radius 3 is 2.50 bits per heavy atom. The molecule has 2 aromatic carbocycles. The van der Waals surface area contributed by atoms with Crippen molar-refractivity contribution in [2.45, 2.75) is 19.5 Å². The molecule has 0 bridgehead atoms. The molecule has 0 aliphatic carbocycles. The Balaban J connectivity index is 1.88. The molecule has 1 heterocycles. The number of carbonyl (C=O) groups excluding carboxylic acids is 1. The zero-order chi connectivity index (χ0) is 18.7. The predicted octanol–water partition coefficient (Wildman–Crippen LogP) is 2.77. The van der Waals surface area contributed by atoms with Crippen LogP contribution in [0, 0.1) is 0 Å². The second kappa shape index (κ2) is 6.84. The maximum absolute atomic E-state index is 12.5. The first-order valence-electron chi connectivity index (χ1n) is 8.24. The third kappa shape index (κ3) is 3.64. The molecule has 0 unspecified atom stereocenters. The highest BCUT2D eigenvalue weighted by Gasteiger charge is 2.33. The normalized spacial score (nSPS) is 16.3. The summed E-state index contributed by atoms with van der Waals surface area (Å²) in [5, 5.41) is 0. The van der Waals surface area contributed by atoms with Gasteiger partial charge in [-0.25, -0.2) is 4.99 Å². The van der Waals surface area contributed by atoms with Crippen LogP contribution in [0.1, 0.15) is 29.8 Å². The van der Waals surface area contributed by atoms with Crippen molar-refractivity contribution in [1.29, 1.82) is 0 Å². The van der Waals surface area contributed by atoms with Crippen molar-refractivity contribution in [3.63, 3.8) is 0 Å². The molecule has 0 saturated carbocycles. The van der Waals surface area contributed by atoms with Gasteiger partial charge >= 0.3 is 0 Å². The Labute approximate surface area is 152 Å². The first-order chi connectivity index (χ1) is 12.4. The van der Waals surface area contributed by atoms with Crippen LogP contribution in [0.4, 0.5) is 5.69 Å². The van der Waals surface area contributed by atoms with E-state index in [4.69, 9.17) is 11.5 Å². The summed E-state index contributed by atoms with van der Waals surface area (Å²) in [5.74, 6) is 0.290. The Hall–Kier alpha value is -3.41. The molecular weight excluding hydrogens is 326 g/mol. The fourth-order valence-corrected chi connectivity index (χ4v) is 2.88. The SMILES string of the molecule is CC1(C)N=C(N)N=C(N)N1c1cccc(C(=O)C=Cc2ccccc2)c1. The van der Waals surface area contributed by atoms with Gasteiger partial charge in [0, 0.05) is 11.3 Å². The Morgan fingerprint density at radius 2 is 1.81 bits per heavy atom. The molecule has 0 atom stereocenters. The van der Waals surface area contributed by atoms with Crippen LogP contribution in [0.2, 0.25) is 0 Å². The quantitative estimate of drug-likeness (QED) is 0.656. The van der Waals surface area contributed by atoms with Crippen molar-refractivity contribution in [3.8, 4) is 0 Å². The maximum Gasteiger partial charge on any atom is 0.220 e. The number of aliphatic imine (C=N–C) groups is 2. The number of hydrogen-bond donors (Lipinski definition) is 2. The first-order valence-corrected chi connectivity index (χ1v) is 8.24. The highest BCUT2D eigenvalue weighted by molar-refractivity contribution is 6.09. The van der Waals surface area contributed by atoms with E-state index < -0.39 is 5.66 Å². The minimum Gasteiger partial charge on any atom is -0.369 e. The van der Waals surface area contributed by atoms with E-state index in [0.29, 0.717) is 5.56 Å². The third-order valence-electron chi connectivity index (χ3n) is 4.01. The molecule has 2 aromatic rings. The van der Waals surface area contributed by atoms with Gasteiger partial charge < -0.3 is 11.5 Å². The molecule has 132 valence electrons. The molecule has 0 saturated heterocycles. The molecule has 1 aliphatic heterocycles. The molecule has 0 spiro atoms. The van der Waals surface area contributed by atoms with Gasteiger partial charge in [0.25, 0.3) is 0 Å². The van der Waals surface area contributed by atoms with Gasteiger partial charge in [-0.05, 0) is 37.6 Å². The number of nitrogens with zero attached hydrogens (tertiary/aromatic N) is 3. The van der Waals surface area contributed by atoms with Crippen molar-refractivity contribution in [1.82, 2.24) is 0 Å². The highest BCUT2D eigenvalue weighted by Crippen LogP contribution is 2.28. The molecule has 4 N–H and O–H groups in total. The van der Waals surface area contributed by atoms with Gasteiger partial charge in [0.1, 0.15) is 5.66 Å². The van der Waals surface area contributed by atoms with Crippen molar-refractivity contribution >= 4 is 29.5 Å². The number of ketones is 1. The van der Waals surface area contributed by atoms with E-state index in [1.54, 1.807) is 29.2 Å². The van der Waals surface area contributed by atoms with Crippen molar-refractivity contribution < 1.29 is 4.79 Å². The summed E-state index contributed by atoms with van der Waals surface area (Å²) in [5.41, 5.74) is 13.3. The van der Waals surface area contributed by atoms with Crippen LogP contribution in [0.3, 0.4) is 0 Å². The largest absolute Gasteiger partial charge is 0.369 e. The lowest BCUT2D eigenvalue weighted by Crippen LogP contribution is -2.54. The van der Waals surface area contributed by atoms with Gasteiger partial charge in [0.15, 0.2) is 5.78 Å². The van der Waals surface area contributed by atoms with Crippen molar-refractivity contribution in [2.75, 3.05) is 4.90 Å². The van der Waals surface area contributed by atoms with Crippen LogP contribution in [-0.4, -0.2) is 23.4 Å². The molecule has 6 heteroatoms. The standard InChI is InChI=1S/C20H21N5O/c1-20(2)24-18(21)23-19(22)25(20)16-10-6-9-15(13-16)17(26)12-11-14-7-4-3-5-8-14/h3-13H,1-2H3,(H4,21,22,23,24). The highest BCUT2D eigenvalue weighted by atomic mass is 16.1. The van der Waals surface area contributed by atoms with Crippen LogP contribution in [0.5, 0.6) is 0 Å². The first kappa shape index (κ1) is 17.4. The lowest BCUT2D eigenvalue weighted by atomic mass is 10.1. The number of guanidine groups is 2. The second-order valence-corrected chi connectivity index (χ2v) is 6.43. The number of rotatable bonds is 4. The average molecular weight is 347 g/mol.